The molecular formula is C19H25N7O2. The number of carbonyl (C=O) groups excluding carboxylic acids is 1. The number of alkyl carbamates (subject to hydrolysis) is 1. The lowest BCUT2D eigenvalue weighted by Gasteiger charge is -2.19. The van der Waals surface area contributed by atoms with Gasteiger partial charge in [-0.3, -0.25) is 5.10 Å². The van der Waals surface area contributed by atoms with Crippen LogP contribution in [0.15, 0.2) is 29.3 Å². The quantitative estimate of drug-likeness (QED) is 0.520. The van der Waals surface area contributed by atoms with Crippen LogP contribution in [0.3, 0.4) is 0 Å². The molecule has 1 aromatic heterocycles. The predicted molar refractivity (Wildman–Crippen MR) is 108 cm³/mol. The van der Waals surface area contributed by atoms with Crippen LogP contribution in [0.5, 0.6) is 0 Å². The van der Waals surface area contributed by atoms with E-state index >= 15 is 0 Å². The van der Waals surface area contributed by atoms with Gasteiger partial charge in [-0.1, -0.05) is 12.1 Å². The monoisotopic (exact) mass is 383 g/mol. The van der Waals surface area contributed by atoms with E-state index in [1.165, 1.54) is 0 Å². The maximum Gasteiger partial charge on any atom is 0.407 e. The maximum atomic E-state index is 11.8. The van der Waals surface area contributed by atoms with Crippen molar-refractivity contribution >= 4 is 29.8 Å². The molecule has 148 valence electrons. The Morgan fingerprint density at radius 1 is 1.43 bits per heavy atom. The molecular weight excluding hydrogens is 358 g/mol. The Morgan fingerprint density at radius 3 is 2.82 bits per heavy atom. The highest BCUT2D eigenvalue weighted by Crippen LogP contribution is 2.25. The molecule has 0 aliphatic rings. The number of carbonyl (C=O) groups is 1. The van der Waals surface area contributed by atoms with Gasteiger partial charge in [-0.25, -0.2) is 9.79 Å². The zero-order chi connectivity index (χ0) is 20.7. The minimum Gasteiger partial charge on any atom is -0.444 e. The summed E-state index contributed by atoms with van der Waals surface area (Å²) in [6, 6.07) is 9.53. The molecule has 2 rings (SSSR count). The number of aromatic nitrogens is 2. The Bertz CT molecular complexity index is 888. The van der Waals surface area contributed by atoms with Crippen molar-refractivity contribution in [3.8, 4) is 6.07 Å². The van der Waals surface area contributed by atoms with Gasteiger partial charge in [-0.2, -0.15) is 10.4 Å². The Morgan fingerprint density at radius 2 is 2.18 bits per heavy atom. The van der Waals surface area contributed by atoms with Crippen LogP contribution < -0.4 is 10.6 Å². The second-order valence-corrected chi connectivity index (χ2v) is 7.30. The van der Waals surface area contributed by atoms with Crippen LogP contribution in [0, 0.1) is 11.3 Å². The standard InChI is InChI=1S/C19H25N7O2/c1-19(2,3)28-18(27)21-11-13-7-6-8-14(9-13)23-17-15(10-20)16(24-25-17)22-12-26(4)5/h6-9,12H,11H2,1-5H3,(H,21,27)(H2,23,24,25)/b22-12+. The molecule has 1 amide bonds. The van der Waals surface area contributed by atoms with E-state index in [4.69, 9.17) is 4.74 Å². The number of rotatable bonds is 6. The number of aliphatic imine (C=N–C) groups is 1. The van der Waals surface area contributed by atoms with Crippen LogP contribution in [0.25, 0.3) is 0 Å². The van der Waals surface area contributed by atoms with Gasteiger partial charge in [0.05, 0.1) is 6.34 Å². The molecule has 1 aromatic carbocycles. The van der Waals surface area contributed by atoms with Crippen molar-refractivity contribution in [2.75, 3.05) is 19.4 Å². The molecule has 0 saturated heterocycles. The Hall–Kier alpha value is -3.54. The van der Waals surface area contributed by atoms with E-state index < -0.39 is 11.7 Å². The van der Waals surface area contributed by atoms with Crippen molar-refractivity contribution in [2.45, 2.75) is 32.9 Å². The first-order valence-corrected chi connectivity index (χ1v) is 8.70. The molecule has 0 radical (unpaired) electrons. The lowest BCUT2D eigenvalue weighted by Crippen LogP contribution is -2.32. The zero-order valence-electron chi connectivity index (χ0n) is 16.7. The average molecular weight is 383 g/mol. The molecule has 3 N–H and O–H groups in total. The van der Waals surface area contributed by atoms with Crippen molar-refractivity contribution in [2.24, 2.45) is 4.99 Å². The van der Waals surface area contributed by atoms with Crippen LogP contribution in [-0.2, 0) is 11.3 Å². The number of hydrogen-bond acceptors (Lipinski definition) is 6. The van der Waals surface area contributed by atoms with Gasteiger partial charge in [0.1, 0.15) is 17.2 Å². The smallest absolute Gasteiger partial charge is 0.407 e. The summed E-state index contributed by atoms with van der Waals surface area (Å²) in [5.74, 6) is 0.757. The Kier molecular flexibility index (Phi) is 6.60. The molecule has 2 aromatic rings. The van der Waals surface area contributed by atoms with Crippen LogP contribution in [-0.4, -0.2) is 47.2 Å². The summed E-state index contributed by atoms with van der Waals surface area (Å²) in [5, 5.41) is 22.1. The van der Waals surface area contributed by atoms with E-state index in [9.17, 15) is 10.1 Å². The van der Waals surface area contributed by atoms with Gasteiger partial charge in [0.25, 0.3) is 0 Å². The minimum absolute atomic E-state index is 0.314. The van der Waals surface area contributed by atoms with Crippen molar-refractivity contribution in [1.82, 2.24) is 20.4 Å². The largest absolute Gasteiger partial charge is 0.444 e. The Balaban J connectivity index is 2.07. The number of benzene rings is 1. The molecule has 0 fully saturated rings. The van der Waals surface area contributed by atoms with Gasteiger partial charge in [0.15, 0.2) is 11.6 Å². The van der Waals surface area contributed by atoms with Gasteiger partial charge < -0.3 is 20.3 Å². The van der Waals surface area contributed by atoms with Gasteiger partial charge in [-0.15, -0.1) is 0 Å². The van der Waals surface area contributed by atoms with Gasteiger partial charge >= 0.3 is 6.09 Å². The van der Waals surface area contributed by atoms with E-state index in [0.29, 0.717) is 23.7 Å². The highest BCUT2D eigenvalue weighted by molar-refractivity contribution is 5.72. The summed E-state index contributed by atoms with van der Waals surface area (Å²) < 4.78 is 5.23. The molecule has 28 heavy (non-hydrogen) atoms. The van der Waals surface area contributed by atoms with Crippen LogP contribution in [0.4, 0.5) is 22.1 Å². The molecule has 0 spiro atoms. The van der Waals surface area contributed by atoms with E-state index in [2.05, 4.69) is 31.9 Å². The third-order valence-electron chi connectivity index (χ3n) is 3.30. The first kappa shape index (κ1) is 20.8. The molecule has 9 heteroatoms. The fourth-order valence-corrected chi connectivity index (χ4v) is 2.18. The second kappa shape index (κ2) is 8.90. The highest BCUT2D eigenvalue weighted by atomic mass is 16.6. The molecule has 0 bridgehead atoms. The normalized spacial score (nSPS) is 11.1. The van der Waals surface area contributed by atoms with E-state index in [1.807, 2.05) is 59.1 Å². The molecule has 9 nitrogen and oxygen atoms in total. The fourth-order valence-electron chi connectivity index (χ4n) is 2.18. The third kappa shape index (κ3) is 6.32. The van der Waals surface area contributed by atoms with E-state index in [1.54, 1.807) is 11.2 Å². The lowest BCUT2D eigenvalue weighted by atomic mass is 10.2. The van der Waals surface area contributed by atoms with Crippen molar-refractivity contribution in [3.05, 3.63) is 35.4 Å². The zero-order valence-corrected chi connectivity index (χ0v) is 16.7. The SMILES string of the molecule is CN(C)/C=N/c1[nH]nc(Nc2cccc(CNC(=O)OC(C)(C)C)c2)c1C#N. The maximum absolute atomic E-state index is 11.8. The van der Waals surface area contributed by atoms with Gasteiger partial charge in [0, 0.05) is 26.3 Å². The fraction of sp³-hybridized carbons (Fsp3) is 0.368. The number of nitrogens with zero attached hydrogens (tertiary/aromatic N) is 4. The Labute approximate surface area is 164 Å². The molecule has 0 atom stereocenters. The number of aromatic amines is 1. The summed E-state index contributed by atoms with van der Waals surface area (Å²) in [6.45, 7) is 5.74. The first-order valence-electron chi connectivity index (χ1n) is 8.70. The minimum atomic E-state index is -0.548. The summed E-state index contributed by atoms with van der Waals surface area (Å²) in [7, 11) is 3.67. The number of nitrogens with one attached hydrogen (secondary N) is 3. The third-order valence-corrected chi connectivity index (χ3v) is 3.30. The number of anilines is 2. The number of hydrogen-bond donors (Lipinski definition) is 3. The second-order valence-electron chi connectivity index (χ2n) is 7.30. The number of nitriles is 1. The van der Waals surface area contributed by atoms with Crippen LogP contribution >= 0.6 is 0 Å². The number of amides is 1. The summed E-state index contributed by atoms with van der Waals surface area (Å²) in [6.07, 6.45) is 1.11. The molecule has 0 aliphatic carbocycles. The summed E-state index contributed by atoms with van der Waals surface area (Å²) in [4.78, 5) is 17.7. The number of H-pyrrole nitrogens is 1. The van der Waals surface area contributed by atoms with Crippen molar-refractivity contribution in [3.63, 3.8) is 0 Å². The predicted octanol–water partition coefficient (Wildman–Crippen LogP) is 3.27. The van der Waals surface area contributed by atoms with E-state index in [0.717, 1.165) is 11.3 Å². The summed E-state index contributed by atoms with van der Waals surface area (Å²) in [5.41, 5.74) is 1.37. The average Bonchev–Trinajstić information content (AvgIpc) is 2.98. The van der Waals surface area contributed by atoms with E-state index in [-0.39, 0.29) is 0 Å². The molecule has 0 aliphatic heterocycles. The molecule has 0 saturated carbocycles. The summed E-state index contributed by atoms with van der Waals surface area (Å²) >= 11 is 0. The topological polar surface area (TPSA) is 118 Å². The van der Waals surface area contributed by atoms with Crippen molar-refractivity contribution < 1.29 is 9.53 Å². The first-order chi connectivity index (χ1) is 13.2. The van der Waals surface area contributed by atoms with Crippen LogP contribution in [0.2, 0.25) is 0 Å². The highest BCUT2D eigenvalue weighted by Gasteiger charge is 2.16. The van der Waals surface area contributed by atoms with Gasteiger partial charge in [-0.05, 0) is 38.5 Å². The van der Waals surface area contributed by atoms with Crippen molar-refractivity contribution in [1.29, 1.82) is 5.26 Å². The van der Waals surface area contributed by atoms with Crippen LogP contribution in [0.1, 0.15) is 31.9 Å². The van der Waals surface area contributed by atoms with Gasteiger partial charge in [0.2, 0.25) is 0 Å². The molecule has 0 unspecified atom stereocenters. The lowest BCUT2D eigenvalue weighted by molar-refractivity contribution is 0.0523. The molecule has 1 heterocycles. The number of ether oxygens (including phenoxy) is 1.